The van der Waals surface area contributed by atoms with Gasteiger partial charge in [0.15, 0.2) is 11.6 Å². The highest BCUT2D eigenvalue weighted by Crippen LogP contribution is 2.16. The van der Waals surface area contributed by atoms with E-state index in [0.717, 1.165) is 5.56 Å². The minimum atomic E-state index is -0.236. The Labute approximate surface area is 179 Å². The molecule has 9 nitrogen and oxygen atoms in total. The molecule has 0 saturated heterocycles. The lowest BCUT2D eigenvalue weighted by Crippen LogP contribution is -2.13. The number of hydrogen-bond donors (Lipinski definition) is 1. The summed E-state index contributed by atoms with van der Waals surface area (Å²) in [5.74, 6) is 1.53. The van der Waals surface area contributed by atoms with Crippen LogP contribution in [0, 0.1) is 0 Å². The van der Waals surface area contributed by atoms with Gasteiger partial charge in [-0.1, -0.05) is 30.3 Å². The summed E-state index contributed by atoms with van der Waals surface area (Å²) in [6.45, 7) is 4.88. The predicted octanol–water partition coefficient (Wildman–Crippen LogP) is 3.33. The smallest absolute Gasteiger partial charge is 0.256 e. The van der Waals surface area contributed by atoms with E-state index in [1.165, 1.54) is 0 Å². The summed E-state index contributed by atoms with van der Waals surface area (Å²) in [6.07, 6.45) is 1.84. The van der Waals surface area contributed by atoms with Crippen molar-refractivity contribution in [1.29, 1.82) is 0 Å². The molecule has 1 N–H and O–H groups in total. The van der Waals surface area contributed by atoms with Crippen LogP contribution in [0.2, 0.25) is 0 Å². The molecule has 0 aliphatic heterocycles. The number of anilines is 1. The second-order valence-electron chi connectivity index (χ2n) is 7.28. The van der Waals surface area contributed by atoms with Crippen molar-refractivity contribution < 1.29 is 9.53 Å². The molecule has 0 aliphatic rings. The topological polar surface area (TPSA) is 99.8 Å². The maximum absolute atomic E-state index is 12.5. The highest BCUT2D eigenvalue weighted by Gasteiger charge is 2.11. The van der Waals surface area contributed by atoms with Gasteiger partial charge in [-0.25, -0.2) is 4.68 Å². The maximum atomic E-state index is 12.5. The lowest BCUT2D eigenvalue weighted by atomic mass is 10.2. The quantitative estimate of drug-likeness (QED) is 0.472. The summed E-state index contributed by atoms with van der Waals surface area (Å²) in [4.78, 5) is 12.5. The second-order valence-corrected chi connectivity index (χ2v) is 7.28. The molecule has 4 aromatic rings. The molecule has 31 heavy (non-hydrogen) atoms. The standard InChI is InChI=1S/C22H23N7O2/c1-16(2)29-21(24-26-27-29)15-31-19-10-8-18(9-11-19)22(30)23-20-12-13-28(25-20)14-17-6-4-3-5-7-17/h3-13,16H,14-15H2,1-2H3,(H,23,25,30). The minimum absolute atomic E-state index is 0.149. The molecule has 158 valence electrons. The van der Waals surface area contributed by atoms with Crippen LogP contribution in [0.4, 0.5) is 5.82 Å². The number of ether oxygens (including phenoxy) is 1. The van der Waals surface area contributed by atoms with Crippen molar-refractivity contribution in [3.05, 3.63) is 83.8 Å². The minimum Gasteiger partial charge on any atom is -0.486 e. The van der Waals surface area contributed by atoms with Gasteiger partial charge in [0.1, 0.15) is 12.4 Å². The molecular formula is C22H23N7O2. The molecule has 0 aliphatic carbocycles. The molecule has 0 bridgehead atoms. The molecule has 0 unspecified atom stereocenters. The lowest BCUT2D eigenvalue weighted by molar-refractivity contribution is 0.102. The number of carbonyl (C=O) groups is 1. The van der Waals surface area contributed by atoms with Gasteiger partial charge in [0.05, 0.1) is 12.6 Å². The van der Waals surface area contributed by atoms with Crippen molar-refractivity contribution in [2.75, 3.05) is 5.32 Å². The van der Waals surface area contributed by atoms with Crippen LogP contribution in [0.1, 0.15) is 41.6 Å². The Morgan fingerprint density at radius 3 is 2.58 bits per heavy atom. The number of tetrazole rings is 1. The van der Waals surface area contributed by atoms with Crippen molar-refractivity contribution in [3.63, 3.8) is 0 Å². The molecule has 9 heteroatoms. The van der Waals surface area contributed by atoms with Gasteiger partial charge in [-0.15, -0.1) is 5.10 Å². The average molecular weight is 417 g/mol. The average Bonchev–Trinajstić information content (AvgIpc) is 3.43. The SMILES string of the molecule is CC(C)n1nnnc1COc1ccc(C(=O)Nc2ccn(Cc3ccccc3)n2)cc1. The third-order valence-electron chi connectivity index (χ3n) is 4.60. The summed E-state index contributed by atoms with van der Waals surface area (Å²) in [5, 5.41) is 18.8. The van der Waals surface area contributed by atoms with Crippen LogP contribution in [0.25, 0.3) is 0 Å². The van der Waals surface area contributed by atoms with E-state index in [9.17, 15) is 4.79 Å². The third-order valence-corrected chi connectivity index (χ3v) is 4.60. The van der Waals surface area contributed by atoms with E-state index in [4.69, 9.17) is 4.74 Å². The zero-order valence-electron chi connectivity index (χ0n) is 17.3. The molecule has 0 saturated carbocycles. The van der Waals surface area contributed by atoms with Crippen LogP contribution in [-0.4, -0.2) is 35.9 Å². The van der Waals surface area contributed by atoms with E-state index in [1.54, 1.807) is 39.7 Å². The monoisotopic (exact) mass is 417 g/mol. The highest BCUT2D eigenvalue weighted by molar-refractivity contribution is 6.03. The molecule has 2 heterocycles. The molecule has 2 aromatic heterocycles. The van der Waals surface area contributed by atoms with E-state index >= 15 is 0 Å². The van der Waals surface area contributed by atoms with Crippen molar-refractivity contribution in [1.82, 2.24) is 30.0 Å². The number of carbonyl (C=O) groups excluding carboxylic acids is 1. The molecule has 1 amide bonds. The van der Waals surface area contributed by atoms with E-state index in [2.05, 4.69) is 25.9 Å². The number of hydrogen-bond acceptors (Lipinski definition) is 6. The first kappa shape index (κ1) is 20.3. The van der Waals surface area contributed by atoms with Crippen molar-refractivity contribution >= 4 is 11.7 Å². The Hall–Kier alpha value is -4.01. The van der Waals surface area contributed by atoms with Gasteiger partial charge >= 0.3 is 0 Å². The Bertz CT molecular complexity index is 1130. The fraction of sp³-hybridized carbons (Fsp3) is 0.227. The first-order valence-electron chi connectivity index (χ1n) is 9.97. The largest absolute Gasteiger partial charge is 0.486 e. The number of amides is 1. The zero-order chi connectivity index (χ0) is 21.6. The Morgan fingerprint density at radius 1 is 1.06 bits per heavy atom. The van der Waals surface area contributed by atoms with Gasteiger partial charge in [0.25, 0.3) is 5.91 Å². The summed E-state index contributed by atoms with van der Waals surface area (Å²) in [7, 11) is 0. The first-order chi connectivity index (χ1) is 15.1. The summed E-state index contributed by atoms with van der Waals surface area (Å²) < 4.78 is 9.23. The van der Waals surface area contributed by atoms with Gasteiger partial charge in [0.2, 0.25) is 0 Å². The first-order valence-corrected chi connectivity index (χ1v) is 9.97. The van der Waals surface area contributed by atoms with Crippen molar-refractivity contribution in [2.45, 2.75) is 33.0 Å². The highest BCUT2D eigenvalue weighted by atomic mass is 16.5. The summed E-state index contributed by atoms with van der Waals surface area (Å²) in [6, 6.07) is 18.8. The van der Waals surface area contributed by atoms with Gasteiger partial charge in [-0.05, 0) is 54.1 Å². The number of rotatable bonds is 8. The summed E-state index contributed by atoms with van der Waals surface area (Å²) in [5.41, 5.74) is 1.65. The normalized spacial score (nSPS) is 10.9. The van der Waals surface area contributed by atoms with Crippen molar-refractivity contribution in [2.24, 2.45) is 0 Å². The van der Waals surface area contributed by atoms with E-state index in [0.29, 0.717) is 29.5 Å². The molecule has 2 aromatic carbocycles. The summed E-state index contributed by atoms with van der Waals surface area (Å²) >= 11 is 0. The van der Waals surface area contributed by atoms with Crippen LogP contribution < -0.4 is 10.1 Å². The molecular weight excluding hydrogens is 394 g/mol. The number of benzene rings is 2. The van der Waals surface area contributed by atoms with Crippen molar-refractivity contribution in [3.8, 4) is 5.75 Å². The van der Waals surface area contributed by atoms with Crippen LogP contribution in [0.5, 0.6) is 5.75 Å². The van der Waals surface area contributed by atoms with Crippen LogP contribution in [0.3, 0.4) is 0 Å². The maximum Gasteiger partial charge on any atom is 0.256 e. The molecule has 0 spiro atoms. The van der Waals surface area contributed by atoms with E-state index < -0.39 is 0 Å². The number of aromatic nitrogens is 6. The molecule has 0 radical (unpaired) electrons. The lowest BCUT2D eigenvalue weighted by Gasteiger charge is -2.09. The predicted molar refractivity (Wildman–Crippen MR) is 115 cm³/mol. The Kier molecular flexibility index (Phi) is 6.02. The Morgan fingerprint density at radius 2 is 1.84 bits per heavy atom. The van der Waals surface area contributed by atoms with Crippen LogP contribution in [-0.2, 0) is 13.2 Å². The van der Waals surface area contributed by atoms with Gasteiger partial charge in [0, 0.05) is 17.8 Å². The second kappa shape index (κ2) is 9.21. The zero-order valence-corrected chi connectivity index (χ0v) is 17.3. The van der Waals surface area contributed by atoms with Gasteiger partial charge < -0.3 is 10.1 Å². The van der Waals surface area contributed by atoms with Crippen LogP contribution >= 0.6 is 0 Å². The van der Waals surface area contributed by atoms with Crippen LogP contribution in [0.15, 0.2) is 66.9 Å². The fourth-order valence-electron chi connectivity index (χ4n) is 3.03. The Balaban J connectivity index is 1.33. The third kappa shape index (κ3) is 5.13. The van der Waals surface area contributed by atoms with E-state index in [-0.39, 0.29) is 18.6 Å². The molecule has 0 atom stereocenters. The molecule has 4 rings (SSSR count). The van der Waals surface area contributed by atoms with Gasteiger partial charge in [-0.2, -0.15) is 5.10 Å². The number of nitrogens with one attached hydrogen (secondary N) is 1. The van der Waals surface area contributed by atoms with Gasteiger partial charge in [-0.3, -0.25) is 9.48 Å². The number of nitrogens with zero attached hydrogens (tertiary/aromatic N) is 6. The molecule has 0 fully saturated rings. The fourth-order valence-corrected chi connectivity index (χ4v) is 3.03. The van der Waals surface area contributed by atoms with E-state index in [1.807, 2.05) is 50.4 Å².